The van der Waals surface area contributed by atoms with Crippen molar-refractivity contribution in [3.8, 4) is 17.0 Å². The van der Waals surface area contributed by atoms with Gasteiger partial charge >= 0.3 is 5.69 Å². The molecule has 1 aliphatic heterocycles. The Kier molecular flexibility index (Phi) is 5.60. The van der Waals surface area contributed by atoms with Gasteiger partial charge in [0.1, 0.15) is 34.9 Å². The van der Waals surface area contributed by atoms with Crippen molar-refractivity contribution in [2.75, 3.05) is 13.2 Å². The number of nitrogens with two attached hydrogens (primary N) is 1. The third kappa shape index (κ3) is 4.23. The SMILES string of the molecule is C[C@](O)(CNC(=O)c1ccc2[nH]c(=O)[nH]c2c1)c1cc2c(c(-c3ccc(F)cc3)n1)OC[C@]2(C)C(N)=O. The number of aromatic nitrogens is 3. The number of carbonyl (C=O) groups excluding carboxylic acids is 2. The van der Waals surface area contributed by atoms with Gasteiger partial charge in [0.25, 0.3) is 5.91 Å². The number of aliphatic hydroxyl groups is 1. The molecule has 0 spiro atoms. The third-order valence-electron chi connectivity index (χ3n) is 6.66. The minimum Gasteiger partial charge on any atom is -0.489 e. The Labute approximate surface area is 209 Å². The Morgan fingerprint density at radius 2 is 1.89 bits per heavy atom. The fourth-order valence-corrected chi connectivity index (χ4v) is 4.29. The van der Waals surface area contributed by atoms with Gasteiger partial charge in [-0.2, -0.15) is 0 Å². The first-order valence-corrected chi connectivity index (χ1v) is 11.5. The van der Waals surface area contributed by atoms with E-state index in [1.807, 2.05) is 0 Å². The van der Waals surface area contributed by atoms with Crippen molar-refractivity contribution in [2.24, 2.45) is 5.73 Å². The molecule has 0 fully saturated rings. The molecule has 2 aromatic heterocycles. The standard InChI is InChI=1S/C26H24FN5O5/c1-25(23(28)34)12-37-21-16(25)10-19(32-20(21)13-3-6-15(27)7-4-13)26(2,36)11-29-22(33)14-5-8-17-18(9-14)31-24(35)30-17/h3-10,36H,11-12H2,1-2H3,(H2,28,34)(H,29,33)(H2,30,31,35)/t25-,26-/m0/s1. The number of pyridine rings is 1. The topological polar surface area (TPSA) is 163 Å². The number of ether oxygens (including phenoxy) is 1. The fourth-order valence-electron chi connectivity index (χ4n) is 4.29. The lowest BCUT2D eigenvalue weighted by atomic mass is 9.82. The number of benzene rings is 2. The largest absolute Gasteiger partial charge is 0.489 e. The number of imidazole rings is 1. The lowest BCUT2D eigenvalue weighted by Gasteiger charge is -2.26. The number of aromatic amines is 2. The molecule has 2 atom stereocenters. The van der Waals surface area contributed by atoms with Crippen molar-refractivity contribution < 1.29 is 23.8 Å². The van der Waals surface area contributed by atoms with E-state index in [9.17, 15) is 23.9 Å². The van der Waals surface area contributed by atoms with E-state index < -0.39 is 28.6 Å². The number of rotatable bonds is 6. The lowest BCUT2D eigenvalue weighted by molar-refractivity contribution is -0.123. The van der Waals surface area contributed by atoms with Crippen LogP contribution >= 0.6 is 0 Å². The minimum absolute atomic E-state index is 0.0143. The predicted molar refractivity (Wildman–Crippen MR) is 132 cm³/mol. The summed E-state index contributed by atoms with van der Waals surface area (Å²) in [5.41, 5.74) is 5.19. The van der Waals surface area contributed by atoms with Crippen LogP contribution in [0.5, 0.6) is 5.75 Å². The van der Waals surface area contributed by atoms with Crippen molar-refractivity contribution >= 4 is 22.8 Å². The van der Waals surface area contributed by atoms with Gasteiger partial charge in [0.05, 0.1) is 23.3 Å². The minimum atomic E-state index is -1.67. The van der Waals surface area contributed by atoms with Crippen LogP contribution in [0.15, 0.2) is 53.3 Å². The monoisotopic (exact) mass is 505 g/mol. The predicted octanol–water partition coefficient (Wildman–Crippen LogP) is 1.83. The third-order valence-corrected chi connectivity index (χ3v) is 6.66. The molecule has 5 rings (SSSR count). The summed E-state index contributed by atoms with van der Waals surface area (Å²) in [5, 5.41) is 14.0. The molecular formula is C26H24FN5O5. The molecule has 11 heteroatoms. The summed E-state index contributed by atoms with van der Waals surface area (Å²) in [7, 11) is 0. The van der Waals surface area contributed by atoms with Crippen molar-refractivity contribution in [1.29, 1.82) is 0 Å². The van der Waals surface area contributed by atoms with Crippen LogP contribution in [-0.4, -0.2) is 45.0 Å². The normalized spacial score (nSPS) is 18.2. The summed E-state index contributed by atoms with van der Waals surface area (Å²) in [6.07, 6.45) is 0. The molecule has 0 saturated carbocycles. The van der Waals surface area contributed by atoms with Gasteiger partial charge in [-0.25, -0.2) is 14.2 Å². The first-order chi connectivity index (χ1) is 17.5. The maximum absolute atomic E-state index is 13.6. The van der Waals surface area contributed by atoms with Gasteiger partial charge in [-0.3, -0.25) is 9.59 Å². The molecule has 190 valence electrons. The van der Waals surface area contributed by atoms with Crippen LogP contribution in [0, 0.1) is 5.82 Å². The van der Waals surface area contributed by atoms with Gasteiger partial charge in [-0.05, 0) is 62.4 Å². The van der Waals surface area contributed by atoms with Crippen LogP contribution in [-0.2, 0) is 15.8 Å². The number of nitrogens with zero attached hydrogens (tertiary/aromatic N) is 1. The van der Waals surface area contributed by atoms with Crippen LogP contribution < -0.4 is 21.5 Å². The van der Waals surface area contributed by atoms with Crippen molar-refractivity contribution in [2.45, 2.75) is 24.9 Å². The first kappa shape index (κ1) is 24.2. The first-order valence-electron chi connectivity index (χ1n) is 11.5. The summed E-state index contributed by atoms with van der Waals surface area (Å²) in [6, 6.07) is 11.8. The van der Waals surface area contributed by atoms with Crippen LogP contribution in [0.25, 0.3) is 22.3 Å². The van der Waals surface area contributed by atoms with E-state index in [1.165, 1.54) is 37.3 Å². The van der Waals surface area contributed by atoms with Gasteiger partial charge in [-0.15, -0.1) is 0 Å². The quantitative estimate of drug-likeness (QED) is 0.268. The van der Waals surface area contributed by atoms with E-state index >= 15 is 0 Å². The van der Waals surface area contributed by atoms with Crippen LogP contribution in [0.4, 0.5) is 4.39 Å². The number of fused-ring (bicyclic) bond motifs is 2. The molecule has 3 heterocycles. The number of amides is 2. The Bertz CT molecular complexity index is 1610. The second-order valence-electron chi connectivity index (χ2n) is 9.52. The van der Waals surface area contributed by atoms with E-state index in [0.717, 1.165) is 0 Å². The van der Waals surface area contributed by atoms with Gasteiger partial charge in [0, 0.05) is 16.7 Å². The average Bonchev–Trinajstić information content (AvgIpc) is 3.41. The summed E-state index contributed by atoms with van der Waals surface area (Å²) in [4.78, 5) is 46.4. The molecule has 0 bridgehead atoms. The Hall–Kier alpha value is -4.51. The number of nitrogens with one attached hydrogen (secondary N) is 3. The van der Waals surface area contributed by atoms with Crippen molar-refractivity contribution in [3.63, 3.8) is 0 Å². The number of hydrogen-bond acceptors (Lipinski definition) is 6. The molecule has 37 heavy (non-hydrogen) atoms. The zero-order valence-corrected chi connectivity index (χ0v) is 20.0. The maximum atomic E-state index is 13.6. The van der Waals surface area contributed by atoms with E-state index in [0.29, 0.717) is 33.6 Å². The lowest BCUT2D eigenvalue weighted by Crippen LogP contribution is -2.41. The summed E-state index contributed by atoms with van der Waals surface area (Å²) >= 11 is 0. The highest BCUT2D eigenvalue weighted by Crippen LogP contribution is 2.45. The van der Waals surface area contributed by atoms with Crippen LogP contribution in [0.1, 0.15) is 35.5 Å². The second kappa shape index (κ2) is 8.56. The zero-order chi connectivity index (χ0) is 26.5. The Morgan fingerprint density at radius 1 is 1.19 bits per heavy atom. The van der Waals surface area contributed by atoms with Gasteiger partial charge in [0.2, 0.25) is 5.91 Å². The number of hydrogen-bond donors (Lipinski definition) is 5. The highest BCUT2D eigenvalue weighted by Gasteiger charge is 2.45. The molecule has 6 N–H and O–H groups in total. The van der Waals surface area contributed by atoms with Gasteiger partial charge < -0.3 is 30.9 Å². The zero-order valence-electron chi connectivity index (χ0n) is 20.0. The smallest absolute Gasteiger partial charge is 0.323 e. The molecular weight excluding hydrogens is 481 g/mol. The van der Waals surface area contributed by atoms with E-state index in [1.54, 1.807) is 25.1 Å². The van der Waals surface area contributed by atoms with E-state index in [-0.39, 0.29) is 30.1 Å². The number of primary amides is 1. The summed E-state index contributed by atoms with van der Waals surface area (Å²) < 4.78 is 19.4. The number of halogens is 1. The molecule has 0 radical (unpaired) electrons. The highest BCUT2D eigenvalue weighted by atomic mass is 19.1. The number of carbonyl (C=O) groups is 2. The Balaban J connectivity index is 1.49. The van der Waals surface area contributed by atoms with Crippen LogP contribution in [0.2, 0.25) is 0 Å². The average molecular weight is 506 g/mol. The second-order valence-corrected chi connectivity index (χ2v) is 9.52. The molecule has 4 aromatic rings. The number of H-pyrrole nitrogens is 2. The molecule has 1 aliphatic rings. The fraction of sp³-hybridized carbons (Fsp3) is 0.231. The molecule has 2 amide bonds. The van der Waals surface area contributed by atoms with Gasteiger partial charge in [-0.1, -0.05) is 0 Å². The Morgan fingerprint density at radius 3 is 2.59 bits per heavy atom. The molecule has 0 saturated heterocycles. The molecule has 2 aromatic carbocycles. The van der Waals surface area contributed by atoms with Crippen molar-refractivity contribution in [1.82, 2.24) is 20.3 Å². The molecule has 10 nitrogen and oxygen atoms in total. The molecule has 0 unspecified atom stereocenters. The van der Waals surface area contributed by atoms with Crippen LogP contribution in [0.3, 0.4) is 0 Å². The van der Waals surface area contributed by atoms with E-state index in [4.69, 9.17) is 10.5 Å². The van der Waals surface area contributed by atoms with Gasteiger partial charge in [0.15, 0.2) is 0 Å². The molecule has 0 aliphatic carbocycles. The van der Waals surface area contributed by atoms with Crippen molar-refractivity contribution in [3.05, 3.63) is 81.7 Å². The van der Waals surface area contributed by atoms with E-state index in [2.05, 4.69) is 20.3 Å². The summed E-state index contributed by atoms with van der Waals surface area (Å²) in [6.45, 7) is 2.87. The highest BCUT2D eigenvalue weighted by molar-refractivity contribution is 5.97. The summed E-state index contributed by atoms with van der Waals surface area (Å²) in [5.74, 6) is -1.20. The maximum Gasteiger partial charge on any atom is 0.323 e.